The molecule has 4 aromatic carbocycles. The van der Waals surface area contributed by atoms with Crippen LogP contribution < -0.4 is 0 Å². The van der Waals surface area contributed by atoms with Crippen molar-refractivity contribution in [2.24, 2.45) is 0 Å². The van der Waals surface area contributed by atoms with Crippen LogP contribution in [0.3, 0.4) is 0 Å². The van der Waals surface area contributed by atoms with Gasteiger partial charge in [-0.15, -0.1) is 107 Å². The third-order valence-electron chi connectivity index (χ3n) is 11.9. The van der Waals surface area contributed by atoms with Crippen LogP contribution in [-0.4, -0.2) is 29.9 Å². The second kappa shape index (κ2) is 25.3. The Morgan fingerprint density at radius 3 is 1.41 bits per heavy atom. The molecule has 8 aromatic heterocycles. The molecule has 380 valence electrons. The van der Waals surface area contributed by atoms with Gasteiger partial charge in [-0.2, -0.15) is 0 Å². The van der Waals surface area contributed by atoms with Crippen LogP contribution in [0, 0.1) is 58.7 Å². The zero-order valence-electron chi connectivity index (χ0n) is 50.3. The molecule has 8 heterocycles. The normalized spacial score (nSPS) is 12.9. The van der Waals surface area contributed by atoms with Gasteiger partial charge in [0.25, 0.3) is 0 Å². The number of fused-ring (bicyclic) bond motifs is 6. The molecule has 8 nitrogen and oxygen atoms in total. The van der Waals surface area contributed by atoms with Crippen LogP contribution in [0.15, 0.2) is 173 Å². The molecule has 12 rings (SSSR count). The average Bonchev–Trinajstić information content (AvgIpc) is 1.97. The molecule has 0 amide bonds. The number of nitrogens with zero attached hydrogens (tertiary/aromatic N) is 6. The third kappa shape index (κ3) is 12.8. The maximum absolute atomic E-state index is 8.49. The van der Waals surface area contributed by atoms with Crippen molar-refractivity contribution in [3.63, 3.8) is 0 Å². The molecule has 0 unspecified atom stereocenters. The summed E-state index contributed by atoms with van der Waals surface area (Å²) < 4.78 is 73.0. The molecule has 0 saturated carbocycles. The van der Waals surface area contributed by atoms with Gasteiger partial charge in [-0.1, -0.05) is 109 Å². The predicted octanol–water partition coefficient (Wildman–Crippen LogP) is 16.6. The molecule has 0 bridgehead atoms. The minimum absolute atomic E-state index is 0. The zero-order valence-corrected chi connectivity index (χ0v) is 47.0. The van der Waals surface area contributed by atoms with Gasteiger partial charge < -0.3 is 28.8 Å². The molecule has 0 aliphatic heterocycles. The number of rotatable bonds is 6. The van der Waals surface area contributed by atoms with Crippen LogP contribution in [0.4, 0.5) is 0 Å². The van der Waals surface area contributed by atoms with Gasteiger partial charge in [0.05, 0.1) is 11.2 Å². The van der Waals surface area contributed by atoms with Crippen LogP contribution in [0.1, 0.15) is 89.7 Å². The smallest absolute Gasteiger partial charge is 0.216 e. The molecule has 0 fully saturated rings. The van der Waals surface area contributed by atoms with E-state index < -0.39 is 25.5 Å². The molecule has 2 radical (unpaired) electrons. The van der Waals surface area contributed by atoms with Gasteiger partial charge in [-0.25, -0.2) is 9.97 Å². The molecule has 0 atom stereocenters. The topological polar surface area (TPSA) is 104 Å². The molecule has 0 saturated heterocycles. The van der Waals surface area contributed by atoms with Gasteiger partial charge in [-0.05, 0) is 105 Å². The molecular weight excluding hydrogens is 1280 g/mol. The monoisotopic (exact) mass is 1350 g/mol. The summed E-state index contributed by atoms with van der Waals surface area (Å²) in [6, 6.07) is 55.9. The zero-order chi connectivity index (χ0) is 57.9. The van der Waals surface area contributed by atoms with Crippen molar-refractivity contribution in [1.29, 1.82) is 0 Å². The van der Waals surface area contributed by atoms with E-state index in [1.807, 2.05) is 157 Å². The molecule has 0 aliphatic rings. The predicted molar refractivity (Wildman–Crippen MR) is 296 cm³/mol. The van der Waals surface area contributed by atoms with E-state index in [1.165, 1.54) is 12.4 Å². The van der Waals surface area contributed by atoms with E-state index in [0.29, 0.717) is 28.2 Å². The van der Waals surface area contributed by atoms with Gasteiger partial charge in [0.2, 0.25) is 11.4 Å². The Kier molecular flexibility index (Phi) is 15.2. The van der Waals surface area contributed by atoms with E-state index in [9.17, 15) is 0 Å². The third-order valence-corrected chi connectivity index (χ3v) is 11.9. The number of benzene rings is 4. The quantitative estimate of drug-likeness (QED) is 0.152. The molecule has 10 heteroatoms. The fourth-order valence-corrected chi connectivity index (χ4v) is 8.15. The van der Waals surface area contributed by atoms with Gasteiger partial charge >= 0.3 is 0 Å². The maximum Gasteiger partial charge on any atom is 0.216 e. The van der Waals surface area contributed by atoms with Crippen molar-refractivity contribution < 1.29 is 60.0 Å². The molecule has 0 N–H and O–H groups in total. The van der Waals surface area contributed by atoms with Gasteiger partial charge in [-0.3, -0.25) is 0 Å². The summed E-state index contributed by atoms with van der Waals surface area (Å²) in [5.41, 5.74) is 13.8. The standard InChI is InChI=1S/2C20H17N2O.C13H12N.C12H10N.2Ir/c2*1-12(2)14-9-10-15(17-6-4-5-11-21-17)19-18(14)16-8-7-13(3)22-20(16)23-19;1-10-8-13(14-9-11(10)2)12-6-4-3-5-7-12;1-10-7-8-12(13-9-10)11-5-3-2-4-6-11;;/h2*4-9,11-12H,1-3H3;3-6,8-9H,1-2H3;2-5,7-9H,1H3;;/q4*-1;;/i2*12D;2D3;1D3;;. The Hall–Kier alpha value is -7.32. The molecule has 75 heavy (non-hydrogen) atoms. The maximum atomic E-state index is 8.49. The van der Waals surface area contributed by atoms with Crippen LogP contribution in [0.5, 0.6) is 0 Å². The Morgan fingerprint density at radius 2 is 1.00 bits per heavy atom. The van der Waals surface area contributed by atoms with Crippen LogP contribution >= 0.6 is 0 Å². The summed E-state index contributed by atoms with van der Waals surface area (Å²) in [6.45, 7) is 8.96. The van der Waals surface area contributed by atoms with E-state index >= 15 is 0 Å². The number of aromatic nitrogens is 6. The summed E-state index contributed by atoms with van der Waals surface area (Å²) in [4.78, 5) is 26.2. The fraction of sp³-hybridized carbons (Fsp3) is 0.169. The van der Waals surface area contributed by atoms with Crippen molar-refractivity contribution in [2.45, 2.75) is 74.0 Å². The Morgan fingerprint density at radius 1 is 0.493 bits per heavy atom. The van der Waals surface area contributed by atoms with E-state index in [-0.39, 0.29) is 45.8 Å². The average molecular weight is 1350 g/mol. The minimum Gasteiger partial charge on any atom is -0.486 e. The number of hydrogen-bond acceptors (Lipinski definition) is 8. The Balaban J connectivity index is 0.000000160. The van der Waals surface area contributed by atoms with Crippen molar-refractivity contribution in [3.8, 4) is 45.0 Å². The summed E-state index contributed by atoms with van der Waals surface area (Å²) in [5.74, 6) is -1.53. The van der Waals surface area contributed by atoms with E-state index in [0.717, 1.165) is 94.7 Å². The molecule has 0 aliphatic carbocycles. The second-order valence-electron chi connectivity index (χ2n) is 17.7. The van der Waals surface area contributed by atoms with Crippen molar-refractivity contribution in [3.05, 3.63) is 228 Å². The second-order valence-corrected chi connectivity index (χ2v) is 17.7. The molecular formula is C65H56Ir2N6O2-4. The summed E-state index contributed by atoms with van der Waals surface area (Å²) in [5, 5.41) is 3.71. The summed E-state index contributed by atoms with van der Waals surface area (Å²) in [7, 11) is 0. The van der Waals surface area contributed by atoms with Crippen LogP contribution in [-0.2, 0) is 40.2 Å². The number of aryl methyl sites for hydroxylation is 5. The number of hydrogen-bond donors (Lipinski definition) is 0. The van der Waals surface area contributed by atoms with Gasteiger partial charge in [0.1, 0.15) is 0 Å². The molecule has 0 spiro atoms. The van der Waals surface area contributed by atoms with E-state index in [1.54, 1.807) is 43.6 Å². The van der Waals surface area contributed by atoms with Crippen molar-refractivity contribution >= 4 is 44.1 Å². The van der Waals surface area contributed by atoms with Crippen molar-refractivity contribution in [1.82, 2.24) is 29.9 Å². The minimum atomic E-state index is -2.10. The summed E-state index contributed by atoms with van der Waals surface area (Å²) in [6.07, 6.45) is 6.33. The number of furan rings is 2. The number of pyridine rings is 6. The molecule has 12 aromatic rings. The van der Waals surface area contributed by atoms with E-state index in [2.05, 4.69) is 54.2 Å². The SMILES string of the molecule is [2H]C(C)(C)c1c[c-]c(-c2ccccn2)c2oc3nc(C)ccc3c12.[2H]C(C)(C)c1c[c-]c(-c2ccccn2)c2oc3nc(C)ccc3c12.[2H]C([2H])([2H])c1ccc(-c2[c-]cccc2)nc1.[2H]C([2H])([2H])c1cnc(-c2[c-]cccc2)cc1C.[Ir].[Ir]. The van der Waals surface area contributed by atoms with Crippen molar-refractivity contribution in [2.75, 3.05) is 0 Å². The Labute approximate surface area is 478 Å². The first-order valence-corrected chi connectivity index (χ1v) is 23.7. The first kappa shape index (κ1) is 45.1. The first-order chi connectivity index (χ1) is 38.5. The fourth-order valence-electron chi connectivity index (χ4n) is 8.15. The largest absolute Gasteiger partial charge is 0.486 e. The Bertz CT molecular complexity index is 3960. The summed E-state index contributed by atoms with van der Waals surface area (Å²) >= 11 is 0. The van der Waals surface area contributed by atoms with E-state index in [4.69, 9.17) is 19.8 Å². The van der Waals surface area contributed by atoms with Gasteiger partial charge in [0, 0.05) is 98.1 Å². The van der Waals surface area contributed by atoms with Crippen LogP contribution in [0.25, 0.3) is 89.2 Å². The van der Waals surface area contributed by atoms with Crippen LogP contribution in [0.2, 0.25) is 0 Å². The first-order valence-electron chi connectivity index (χ1n) is 27.7. The van der Waals surface area contributed by atoms with Gasteiger partial charge in [0.15, 0.2) is 0 Å².